The van der Waals surface area contributed by atoms with E-state index in [-0.39, 0.29) is 11.7 Å². The van der Waals surface area contributed by atoms with Gasteiger partial charge in [-0.05, 0) is 30.8 Å². The summed E-state index contributed by atoms with van der Waals surface area (Å²) in [5, 5.41) is 18.8. The van der Waals surface area contributed by atoms with Crippen molar-refractivity contribution in [3.05, 3.63) is 10.6 Å². The van der Waals surface area contributed by atoms with Gasteiger partial charge in [0, 0.05) is 0 Å². The molecule has 1 aromatic rings. The highest BCUT2D eigenvalue weighted by molar-refractivity contribution is 7.08. The van der Waals surface area contributed by atoms with E-state index in [1.54, 1.807) is 0 Å². The smallest absolute Gasteiger partial charge is 0.265 e. The van der Waals surface area contributed by atoms with E-state index in [4.69, 9.17) is 10.9 Å². The number of carbonyl (C=O) groups is 1. The van der Waals surface area contributed by atoms with E-state index in [9.17, 15) is 4.79 Å². The van der Waals surface area contributed by atoms with Crippen molar-refractivity contribution in [3.63, 3.8) is 0 Å². The van der Waals surface area contributed by atoms with Gasteiger partial charge in [0.15, 0.2) is 5.84 Å². The van der Waals surface area contributed by atoms with Crippen LogP contribution in [0.4, 0.5) is 0 Å². The highest BCUT2D eigenvalue weighted by Gasteiger charge is 2.34. The van der Waals surface area contributed by atoms with Crippen molar-refractivity contribution in [1.82, 2.24) is 14.9 Å². The van der Waals surface area contributed by atoms with Gasteiger partial charge in [0.2, 0.25) is 0 Å². The van der Waals surface area contributed by atoms with Crippen molar-refractivity contribution in [3.8, 4) is 0 Å². The highest BCUT2D eigenvalue weighted by Crippen LogP contribution is 2.19. The lowest BCUT2D eigenvalue weighted by atomic mass is 9.91. The molecule has 8 heteroatoms. The number of hydrogen-bond donors (Lipinski definition) is 3. The fourth-order valence-corrected chi connectivity index (χ4v) is 2.61. The zero-order valence-electron chi connectivity index (χ0n) is 12.0. The molecular formula is C12H21N5O2S. The van der Waals surface area contributed by atoms with Crippen molar-refractivity contribution in [2.45, 2.75) is 52.0 Å². The Bertz CT molecular complexity index is 482. The van der Waals surface area contributed by atoms with Gasteiger partial charge in [-0.25, -0.2) is 0 Å². The summed E-state index contributed by atoms with van der Waals surface area (Å²) >= 11 is 1.06. The van der Waals surface area contributed by atoms with Crippen molar-refractivity contribution in [1.29, 1.82) is 0 Å². The van der Waals surface area contributed by atoms with Crippen molar-refractivity contribution in [2.75, 3.05) is 0 Å². The Hall–Kier alpha value is -1.70. The zero-order chi connectivity index (χ0) is 15.2. The number of nitrogens with one attached hydrogen (secondary N) is 1. The molecule has 0 aliphatic rings. The van der Waals surface area contributed by atoms with Crippen LogP contribution in [0.2, 0.25) is 0 Å². The van der Waals surface area contributed by atoms with Crippen LogP contribution in [0.5, 0.6) is 0 Å². The lowest BCUT2D eigenvalue weighted by molar-refractivity contribution is 0.0921. The Balaban J connectivity index is 3.00. The topological polar surface area (TPSA) is 113 Å². The van der Waals surface area contributed by atoms with Gasteiger partial charge in [0.05, 0.1) is 5.69 Å². The molecule has 20 heavy (non-hydrogen) atoms. The van der Waals surface area contributed by atoms with Crippen LogP contribution in [0.25, 0.3) is 0 Å². The standard InChI is InChI=1S/C12H21N5O2S/c1-4-7-8-9(20-17-15-8)10(18)14-12(5-2,6-3)11(13)16-19/h19H,4-7H2,1-3H3,(H2,13,16)(H,14,18). The van der Waals surface area contributed by atoms with E-state index in [0.29, 0.717) is 29.8 Å². The molecule has 0 aromatic carbocycles. The molecule has 0 radical (unpaired) electrons. The quantitative estimate of drug-likeness (QED) is 0.306. The predicted octanol–water partition coefficient (Wildman–Crippen LogP) is 1.53. The lowest BCUT2D eigenvalue weighted by Crippen LogP contribution is -2.56. The minimum Gasteiger partial charge on any atom is -0.409 e. The Morgan fingerprint density at radius 2 is 2.10 bits per heavy atom. The first kappa shape index (κ1) is 16.4. The van der Waals surface area contributed by atoms with Crippen LogP contribution in [-0.2, 0) is 6.42 Å². The average Bonchev–Trinajstić information content (AvgIpc) is 2.92. The van der Waals surface area contributed by atoms with Crippen molar-refractivity contribution >= 4 is 23.3 Å². The molecular weight excluding hydrogens is 278 g/mol. The lowest BCUT2D eigenvalue weighted by Gasteiger charge is -2.31. The number of carbonyl (C=O) groups excluding carboxylic acids is 1. The van der Waals surface area contributed by atoms with Crippen molar-refractivity contribution in [2.24, 2.45) is 10.9 Å². The third kappa shape index (κ3) is 3.24. The predicted molar refractivity (Wildman–Crippen MR) is 78.1 cm³/mol. The van der Waals surface area contributed by atoms with Gasteiger partial charge >= 0.3 is 0 Å². The summed E-state index contributed by atoms with van der Waals surface area (Å²) in [6, 6.07) is 0. The number of amidine groups is 1. The van der Waals surface area contributed by atoms with Crippen LogP contribution in [0, 0.1) is 0 Å². The number of hydrogen-bond acceptors (Lipinski definition) is 6. The monoisotopic (exact) mass is 299 g/mol. The molecule has 112 valence electrons. The Morgan fingerprint density at radius 1 is 1.45 bits per heavy atom. The second-order valence-corrected chi connectivity index (χ2v) is 5.28. The number of aromatic nitrogens is 2. The third-order valence-electron chi connectivity index (χ3n) is 3.41. The Kier molecular flexibility index (Phi) is 5.87. The molecule has 0 unspecified atom stereocenters. The van der Waals surface area contributed by atoms with Gasteiger partial charge in [0.1, 0.15) is 10.4 Å². The summed E-state index contributed by atoms with van der Waals surface area (Å²) in [5.74, 6) is -0.274. The van der Waals surface area contributed by atoms with Crippen LogP contribution in [0.3, 0.4) is 0 Å². The number of nitrogens with zero attached hydrogens (tertiary/aromatic N) is 3. The van der Waals surface area contributed by atoms with E-state index >= 15 is 0 Å². The van der Waals surface area contributed by atoms with Gasteiger partial charge < -0.3 is 16.3 Å². The van der Waals surface area contributed by atoms with Gasteiger partial charge in [-0.1, -0.05) is 36.8 Å². The van der Waals surface area contributed by atoms with Gasteiger partial charge in [-0.15, -0.1) is 5.10 Å². The number of nitrogens with two attached hydrogens (primary N) is 1. The molecule has 4 N–H and O–H groups in total. The Labute approximate surface area is 122 Å². The average molecular weight is 299 g/mol. The molecule has 7 nitrogen and oxygen atoms in total. The first-order chi connectivity index (χ1) is 9.54. The fourth-order valence-electron chi connectivity index (χ4n) is 2.00. The SMILES string of the molecule is CCCc1nnsc1C(=O)NC(CC)(CC)C(N)=NO. The van der Waals surface area contributed by atoms with E-state index in [0.717, 1.165) is 18.0 Å². The molecule has 1 heterocycles. The van der Waals surface area contributed by atoms with Gasteiger partial charge in [-0.2, -0.15) is 0 Å². The summed E-state index contributed by atoms with van der Waals surface area (Å²) in [6.45, 7) is 5.76. The summed E-state index contributed by atoms with van der Waals surface area (Å²) in [5.41, 5.74) is 5.57. The molecule has 0 aliphatic carbocycles. The molecule has 0 saturated carbocycles. The van der Waals surface area contributed by atoms with Crippen LogP contribution >= 0.6 is 11.5 Å². The highest BCUT2D eigenvalue weighted by atomic mass is 32.1. The van der Waals surface area contributed by atoms with E-state index in [1.165, 1.54) is 0 Å². The fraction of sp³-hybridized carbons (Fsp3) is 0.667. The summed E-state index contributed by atoms with van der Waals surface area (Å²) < 4.78 is 3.83. The van der Waals surface area contributed by atoms with E-state index in [2.05, 4.69) is 20.1 Å². The third-order valence-corrected chi connectivity index (χ3v) is 4.17. The molecule has 0 bridgehead atoms. The van der Waals surface area contributed by atoms with Crippen LogP contribution in [0.1, 0.15) is 55.4 Å². The second kappa shape index (κ2) is 7.18. The molecule has 0 spiro atoms. The normalized spacial score (nSPS) is 12.4. The van der Waals surface area contributed by atoms with Crippen LogP contribution in [0.15, 0.2) is 5.16 Å². The maximum absolute atomic E-state index is 12.4. The molecule has 1 rings (SSSR count). The molecule has 0 atom stereocenters. The first-order valence-corrected chi connectivity index (χ1v) is 7.43. The molecule has 1 aromatic heterocycles. The maximum atomic E-state index is 12.4. The minimum absolute atomic E-state index is 0.00497. The number of rotatable bonds is 7. The molecule has 0 saturated heterocycles. The number of amides is 1. The van der Waals surface area contributed by atoms with E-state index < -0.39 is 5.54 Å². The van der Waals surface area contributed by atoms with Gasteiger partial charge in [0.25, 0.3) is 5.91 Å². The first-order valence-electron chi connectivity index (χ1n) is 6.66. The summed E-state index contributed by atoms with van der Waals surface area (Å²) in [7, 11) is 0. The molecule has 1 amide bonds. The largest absolute Gasteiger partial charge is 0.409 e. The number of oxime groups is 1. The van der Waals surface area contributed by atoms with Gasteiger partial charge in [-0.3, -0.25) is 4.79 Å². The molecule has 0 fully saturated rings. The van der Waals surface area contributed by atoms with E-state index in [1.807, 2.05) is 20.8 Å². The van der Waals surface area contributed by atoms with Crippen LogP contribution < -0.4 is 11.1 Å². The minimum atomic E-state index is -0.848. The summed E-state index contributed by atoms with van der Waals surface area (Å²) in [4.78, 5) is 12.9. The van der Waals surface area contributed by atoms with Crippen LogP contribution in [-0.4, -0.2) is 32.1 Å². The molecule has 0 aliphatic heterocycles. The summed E-state index contributed by atoms with van der Waals surface area (Å²) in [6.07, 6.45) is 2.65. The Morgan fingerprint density at radius 3 is 2.60 bits per heavy atom. The second-order valence-electron chi connectivity index (χ2n) is 4.53. The number of aryl methyl sites for hydroxylation is 1. The zero-order valence-corrected chi connectivity index (χ0v) is 12.8. The maximum Gasteiger partial charge on any atom is 0.265 e. The van der Waals surface area contributed by atoms with Crippen molar-refractivity contribution < 1.29 is 10.0 Å².